The molecule has 0 aromatic carbocycles. The van der Waals surface area contributed by atoms with Crippen LogP contribution in [0.15, 0.2) is 47.1 Å². The van der Waals surface area contributed by atoms with E-state index in [1.165, 1.54) is 19.3 Å². The molecule has 1 heterocycles. The highest BCUT2D eigenvalue weighted by molar-refractivity contribution is 6.12. The van der Waals surface area contributed by atoms with E-state index in [-0.39, 0.29) is 18.2 Å². The molecule has 1 aliphatic heterocycles. The van der Waals surface area contributed by atoms with Crippen LogP contribution in [0.3, 0.4) is 0 Å². The Morgan fingerprint density at radius 3 is 2.65 bits per heavy atom. The minimum Gasteiger partial charge on any atom is -0.457 e. The summed E-state index contributed by atoms with van der Waals surface area (Å²) in [6.45, 7) is 3.80. The second kappa shape index (κ2) is 5.34. The average molecular weight is 356 g/mol. The first-order valence-electron chi connectivity index (χ1n) is 8.55. The smallest absolute Gasteiger partial charge is 0.339 e. The van der Waals surface area contributed by atoms with E-state index in [1.807, 2.05) is 19.1 Å². The summed E-state index contributed by atoms with van der Waals surface area (Å²) in [5.74, 6) is -1.54. The van der Waals surface area contributed by atoms with Crippen LogP contribution in [-0.2, 0) is 23.9 Å². The normalized spacial score (nSPS) is 40.8. The van der Waals surface area contributed by atoms with E-state index in [9.17, 15) is 19.5 Å². The second-order valence-electron chi connectivity index (χ2n) is 7.59. The molecule has 0 amide bonds. The molecule has 136 valence electrons. The summed E-state index contributed by atoms with van der Waals surface area (Å²) in [7, 11) is 1.51. The lowest BCUT2D eigenvalue weighted by atomic mass is 9.55. The molecular weight excluding hydrogens is 336 g/mol. The summed E-state index contributed by atoms with van der Waals surface area (Å²) in [5, 5.41) is 10.4. The van der Waals surface area contributed by atoms with Gasteiger partial charge >= 0.3 is 5.97 Å². The fourth-order valence-electron chi connectivity index (χ4n) is 4.64. The first-order valence-corrected chi connectivity index (χ1v) is 8.55. The Morgan fingerprint density at radius 1 is 1.23 bits per heavy atom. The molecule has 4 rings (SSSR count). The largest absolute Gasteiger partial charge is 0.457 e. The molecule has 0 aromatic rings. The number of allylic oxidation sites excluding steroid dienone is 7. The number of hydrogen-bond donors (Lipinski definition) is 1. The molecule has 6 heteroatoms. The van der Waals surface area contributed by atoms with Gasteiger partial charge in [-0.2, -0.15) is 0 Å². The number of cyclic esters (lactones) is 1. The highest BCUT2D eigenvalue weighted by atomic mass is 16.6. The van der Waals surface area contributed by atoms with Gasteiger partial charge in [-0.05, 0) is 30.2 Å². The van der Waals surface area contributed by atoms with Crippen molar-refractivity contribution in [2.24, 2.45) is 16.7 Å². The van der Waals surface area contributed by atoms with Crippen molar-refractivity contribution >= 4 is 17.5 Å². The van der Waals surface area contributed by atoms with E-state index >= 15 is 0 Å². The molecule has 0 radical (unpaired) electrons. The first kappa shape index (κ1) is 17.1. The minimum atomic E-state index is -1.48. The van der Waals surface area contributed by atoms with E-state index in [1.54, 1.807) is 13.0 Å². The number of carbonyl (C=O) groups excluding carboxylic acids is 3. The van der Waals surface area contributed by atoms with Crippen LogP contribution in [-0.4, -0.2) is 48.6 Å². The van der Waals surface area contributed by atoms with Gasteiger partial charge in [0.05, 0.1) is 12.0 Å². The number of rotatable bonds is 2. The summed E-state index contributed by atoms with van der Waals surface area (Å²) in [6.07, 6.45) is 6.04. The van der Waals surface area contributed by atoms with Gasteiger partial charge in [-0.25, -0.2) is 4.79 Å². The van der Waals surface area contributed by atoms with Gasteiger partial charge in [0, 0.05) is 24.0 Å². The van der Waals surface area contributed by atoms with Gasteiger partial charge in [-0.15, -0.1) is 0 Å². The lowest BCUT2D eigenvalue weighted by molar-refractivity contribution is -0.179. The summed E-state index contributed by atoms with van der Waals surface area (Å²) in [6, 6.07) is 0. The third-order valence-corrected chi connectivity index (χ3v) is 6.28. The molecule has 1 N–H and O–H groups in total. The summed E-state index contributed by atoms with van der Waals surface area (Å²) < 4.78 is 10.7. The van der Waals surface area contributed by atoms with Crippen LogP contribution in [0, 0.1) is 16.7 Å². The van der Waals surface area contributed by atoms with E-state index < -0.39 is 34.9 Å². The zero-order valence-corrected chi connectivity index (χ0v) is 14.8. The number of methoxy groups -OCH3 is 1. The van der Waals surface area contributed by atoms with Crippen LogP contribution in [0.2, 0.25) is 0 Å². The zero-order chi connectivity index (χ0) is 18.9. The van der Waals surface area contributed by atoms with Crippen molar-refractivity contribution in [2.45, 2.75) is 26.1 Å². The molecule has 0 aromatic heterocycles. The maximum Gasteiger partial charge on any atom is 0.339 e. The highest BCUT2D eigenvalue weighted by Gasteiger charge is 2.59. The minimum absolute atomic E-state index is 0.0639. The summed E-state index contributed by atoms with van der Waals surface area (Å²) in [5.41, 5.74) is -0.133. The maximum atomic E-state index is 12.9. The van der Waals surface area contributed by atoms with Crippen molar-refractivity contribution in [3.8, 4) is 0 Å². The molecule has 0 bridgehead atoms. The molecule has 26 heavy (non-hydrogen) atoms. The molecule has 1 saturated heterocycles. The van der Waals surface area contributed by atoms with Crippen LogP contribution < -0.4 is 0 Å². The summed E-state index contributed by atoms with van der Waals surface area (Å²) >= 11 is 0. The van der Waals surface area contributed by atoms with Gasteiger partial charge in [-0.3, -0.25) is 9.59 Å². The van der Waals surface area contributed by atoms with Crippen LogP contribution in [0.1, 0.15) is 13.8 Å². The molecule has 0 spiro atoms. The number of ketones is 2. The fourth-order valence-corrected chi connectivity index (χ4v) is 4.64. The molecule has 5 unspecified atom stereocenters. The Balaban J connectivity index is 1.95. The van der Waals surface area contributed by atoms with Gasteiger partial charge in [-0.1, -0.05) is 25.2 Å². The van der Waals surface area contributed by atoms with E-state index in [2.05, 4.69) is 0 Å². The first-order chi connectivity index (χ1) is 12.2. The van der Waals surface area contributed by atoms with Crippen LogP contribution in [0.5, 0.6) is 0 Å². The molecule has 0 saturated carbocycles. The van der Waals surface area contributed by atoms with Crippen LogP contribution in [0.25, 0.3) is 0 Å². The van der Waals surface area contributed by atoms with Gasteiger partial charge in [0.25, 0.3) is 0 Å². The quantitative estimate of drug-likeness (QED) is 0.588. The Morgan fingerprint density at radius 2 is 1.96 bits per heavy atom. The van der Waals surface area contributed by atoms with E-state index in [4.69, 9.17) is 9.47 Å². The third-order valence-electron chi connectivity index (χ3n) is 6.28. The molecule has 5 atom stereocenters. The van der Waals surface area contributed by atoms with Gasteiger partial charge in [0.1, 0.15) is 6.10 Å². The number of esters is 1. The van der Waals surface area contributed by atoms with Gasteiger partial charge < -0.3 is 14.6 Å². The molecule has 1 fully saturated rings. The standard InChI is InChI=1S/C20H20O6/c1-19-7-6-11-16(10(19)4-5-14(19)22)13(21)8-12-17(23)18(24)26-15(9-25-3)20(11,12)2/h4-8,11,15,17,23H,9H2,1-3H3. The zero-order valence-electron chi connectivity index (χ0n) is 14.8. The monoisotopic (exact) mass is 356 g/mol. The fraction of sp³-hybridized carbons (Fsp3) is 0.450. The van der Waals surface area contributed by atoms with Crippen molar-refractivity contribution in [2.75, 3.05) is 13.7 Å². The summed E-state index contributed by atoms with van der Waals surface area (Å²) in [4.78, 5) is 37.3. The SMILES string of the molecule is COCC1OC(=O)C(O)C2=CC(=O)C3=C4C=CC(=O)C4(C)C=CC3C21C. The maximum absolute atomic E-state index is 12.9. The molecule has 3 aliphatic carbocycles. The average Bonchev–Trinajstić information content (AvgIpc) is 2.90. The molecule has 4 aliphatic rings. The predicted molar refractivity (Wildman–Crippen MR) is 90.9 cm³/mol. The number of aliphatic hydroxyl groups is 1. The predicted octanol–water partition coefficient (Wildman–Crippen LogP) is 1.06. The topological polar surface area (TPSA) is 89.9 Å². The van der Waals surface area contributed by atoms with Gasteiger partial charge in [0.15, 0.2) is 17.7 Å². The van der Waals surface area contributed by atoms with Crippen molar-refractivity contribution in [3.63, 3.8) is 0 Å². The number of carbonyl (C=O) groups is 3. The van der Waals surface area contributed by atoms with Crippen LogP contribution >= 0.6 is 0 Å². The van der Waals surface area contributed by atoms with Crippen molar-refractivity contribution < 1.29 is 29.0 Å². The van der Waals surface area contributed by atoms with Crippen molar-refractivity contribution in [1.82, 2.24) is 0 Å². The Labute approximate surface area is 150 Å². The third kappa shape index (κ3) is 1.91. The number of aliphatic hydroxyl groups excluding tert-OH is 1. The lowest BCUT2D eigenvalue weighted by Gasteiger charge is -2.51. The second-order valence-corrected chi connectivity index (χ2v) is 7.59. The van der Waals surface area contributed by atoms with Crippen LogP contribution in [0.4, 0.5) is 0 Å². The Kier molecular flexibility index (Phi) is 3.52. The van der Waals surface area contributed by atoms with Crippen molar-refractivity contribution in [3.05, 3.63) is 47.1 Å². The molecular formula is C20H20O6. The van der Waals surface area contributed by atoms with E-state index in [0.29, 0.717) is 16.7 Å². The highest BCUT2D eigenvalue weighted by Crippen LogP contribution is 2.56. The Bertz CT molecular complexity index is 860. The number of hydrogen-bond acceptors (Lipinski definition) is 6. The molecule has 6 nitrogen and oxygen atoms in total. The number of ether oxygens (including phenoxy) is 2. The lowest BCUT2D eigenvalue weighted by Crippen LogP contribution is -2.57. The van der Waals surface area contributed by atoms with Crippen molar-refractivity contribution in [1.29, 1.82) is 0 Å². The van der Waals surface area contributed by atoms with E-state index in [0.717, 1.165) is 0 Å². The van der Waals surface area contributed by atoms with Gasteiger partial charge in [0.2, 0.25) is 0 Å². The Hall–Kier alpha value is -2.31. The number of fused-ring (bicyclic) bond motifs is 4.